The topological polar surface area (TPSA) is 19.7 Å². The average Bonchev–Trinajstić information content (AvgIpc) is 1.51. The highest BCUT2D eigenvalue weighted by Gasteiger charge is 2.29. The van der Waals surface area contributed by atoms with Gasteiger partial charge in [-0.15, -0.1) is 0 Å². The van der Waals surface area contributed by atoms with Gasteiger partial charge in [0.05, 0.1) is 68.4 Å². The molecule has 24 aromatic carbocycles. The molecule has 0 spiro atoms. The monoisotopic (exact) mass is 1840 g/mol. The third-order valence-electron chi connectivity index (χ3n) is 30.0. The maximum atomic E-state index is 2.52. The predicted octanol–water partition coefficient (Wildman–Crippen LogP) is 35.9. The zero-order chi connectivity index (χ0) is 94.9. The number of fused-ring (bicyclic) bond motifs is 39. The molecule has 0 atom stereocenters. The first-order valence-electron chi connectivity index (χ1n) is 49.5. The predicted molar refractivity (Wildman–Crippen MR) is 621 cm³/mol. The van der Waals surface area contributed by atoms with Gasteiger partial charge in [0.2, 0.25) is 0 Å². The number of nitrogens with zero attached hydrogens (tertiary/aromatic N) is 4. The van der Waals surface area contributed by atoms with Gasteiger partial charge < -0.3 is 18.3 Å². The van der Waals surface area contributed by atoms with Crippen LogP contribution in [0.5, 0.6) is 0 Å². The lowest BCUT2D eigenvalue weighted by atomic mass is 9.87. The van der Waals surface area contributed by atoms with Crippen LogP contribution in [0.15, 0.2) is 437 Å². The highest BCUT2D eigenvalue weighted by Crippen LogP contribution is 2.51. The number of aromatic nitrogens is 4. The van der Waals surface area contributed by atoms with Crippen molar-refractivity contribution in [1.82, 2.24) is 18.3 Å². The van der Waals surface area contributed by atoms with E-state index in [1.807, 2.05) is 0 Å². The first-order valence-corrected chi connectivity index (χ1v) is 60.0. The van der Waals surface area contributed by atoms with Gasteiger partial charge in [-0.25, -0.2) is 0 Å². The summed E-state index contributed by atoms with van der Waals surface area (Å²) in [6, 6.07) is 162. The minimum atomic E-state index is -1.38. The lowest BCUT2D eigenvalue weighted by Gasteiger charge is -2.20. The third kappa shape index (κ3) is 13.9. The third-order valence-corrected chi connectivity index (χ3v) is 36.2. The average molecular weight is 1850 g/mol. The number of hydrogen-bond acceptors (Lipinski definition) is 0. The van der Waals surface area contributed by atoms with Gasteiger partial charge in [-0.1, -0.05) is 459 Å². The molecule has 28 rings (SSSR count). The van der Waals surface area contributed by atoms with Gasteiger partial charge in [-0.2, -0.15) is 0 Å². The molecule has 0 amide bonds. The molecule has 28 aromatic rings. The zero-order valence-electron chi connectivity index (χ0n) is 81.4. The largest absolute Gasteiger partial charge is 0.309 e. The quantitative estimate of drug-likeness (QED) is 0.112. The van der Waals surface area contributed by atoms with E-state index in [1.54, 1.807) is 0 Å². The van der Waals surface area contributed by atoms with Gasteiger partial charge in [0.25, 0.3) is 0 Å². The van der Waals surface area contributed by atoms with Crippen molar-refractivity contribution in [3.05, 3.63) is 442 Å². The Hall–Kier alpha value is -15.7. The second-order valence-corrected chi connectivity index (χ2v) is 57.8. The van der Waals surface area contributed by atoms with Crippen LogP contribution in [0.25, 0.3) is 239 Å². The van der Waals surface area contributed by atoms with Crippen molar-refractivity contribution < 1.29 is 0 Å². The van der Waals surface area contributed by atoms with Gasteiger partial charge in [-0.05, 0) is 186 Å². The lowest BCUT2D eigenvalue weighted by Crippen LogP contribution is -2.37. The van der Waals surface area contributed by atoms with Crippen LogP contribution < -0.4 is 15.6 Å². The molecular formula is C133H108N4Si3. The van der Waals surface area contributed by atoms with Crippen LogP contribution in [0.2, 0.25) is 58.9 Å². The van der Waals surface area contributed by atoms with Crippen molar-refractivity contribution in [1.29, 1.82) is 0 Å². The molecular weight excluding hydrogens is 1740 g/mol. The smallest absolute Gasteiger partial charge is 0.0775 e. The van der Waals surface area contributed by atoms with Crippen molar-refractivity contribution in [3.63, 3.8) is 0 Å². The summed E-state index contributed by atoms with van der Waals surface area (Å²) in [4.78, 5) is 0. The molecule has 4 aromatic heterocycles. The van der Waals surface area contributed by atoms with Crippen molar-refractivity contribution in [2.75, 3.05) is 0 Å². The molecule has 0 aliphatic carbocycles. The maximum Gasteiger partial charge on any atom is 0.0775 e. The summed E-state index contributed by atoms with van der Waals surface area (Å²) in [7, 11) is -4.13. The summed E-state index contributed by atoms with van der Waals surface area (Å²) < 4.78 is 10.0. The van der Waals surface area contributed by atoms with Gasteiger partial charge in [0.1, 0.15) is 0 Å². The summed E-state index contributed by atoms with van der Waals surface area (Å²) in [6.07, 6.45) is 0. The van der Waals surface area contributed by atoms with Gasteiger partial charge in [0, 0.05) is 92.8 Å². The van der Waals surface area contributed by atoms with E-state index < -0.39 is 24.2 Å². The molecule has 0 bridgehead atoms. The first-order chi connectivity index (χ1) is 68.1. The first kappa shape index (κ1) is 85.9. The lowest BCUT2D eigenvalue weighted by molar-refractivity contribution is 0.590. The summed E-state index contributed by atoms with van der Waals surface area (Å²) >= 11 is 0. The molecule has 4 nitrogen and oxygen atoms in total. The summed E-state index contributed by atoms with van der Waals surface area (Å²) in [5.41, 5.74) is 16.6. The molecule has 0 aliphatic heterocycles. The Morgan fingerprint density at radius 3 is 0.750 bits per heavy atom. The van der Waals surface area contributed by atoms with E-state index in [9.17, 15) is 0 Å². The molecule has 0 N–H and O–H groups in total. The normalized spacial score (nSPS) is 12.4. The van der Waals surface area contributed by atoms with Crippen LogP contribution in [-0.2, 0) is 5.41 Å². The van der Waals surface area contributed by atoms with Crippen LogP contribution >= 0.6 is 0 Å². The maximum absolute atomic E-state index is 2.52. The molecule has 7 heteroatoms. The Kier molecular flexibility index (Phi) is 20.2. The van der Waals surface area contributed by atoms with Gasteiger partial charge in [-0.3, -0.25) is 0 Å². The second kappa shape index (κ2) is 33.0. The number of hydrogen-bond donors (Lipinski definition) is 0. The van der Waals surface area contributed by atoms with E-state index in [4.69, 9.17) is 0 Å². The fourth-order valence-corrected chi connectivity index (χ4v) is 26.7. The molecule has 0 radical (unpaired) electrons. The molecule has 140 heavy (non-hydrogen) atoms. The van der Waals surface area contributed by atoms with Crippen LogP contribution in [0, 0.1) is 0 Å². The Labute approximate surface area is 818 Å². The zero-order valence-corrected chi connectivity index (χ0v) is 84.4. The van der Waals surface area contributed by atoms with Gasteiger partial charge >= 0.3 is 0 Å². The molecule has 672 valence electrons. The molecule has 0 aliphatic rings. The summed E-state index contributed by atoms with van der Waals surface area (Å²) in [5.74, 6) is 0. The van der Waals surface area contributed by atoms with E-state index in [1.165, 1.54) is 260 Å². The second-order valence-electron chi connectivity index (χ2n) is 42.5. The number of benzene rings is 24. The Bertz CT molecular complexity index is 9470. The van der Waals surface area contributed by atoms with Crippen molar-refractivity contribution in [2.45, 2.75) is 85.1 Å². The van der Waals surface area contributed by atoms with E-state index in [0.29, 0.717) is 0 Å². The highest BCUT2D eigenvalue weighted by molar-refractivity contribution is 6.89. The van der Waals surface area contributed by atoms with Crippen LogP contribution in [0.1, 0.15) is 26.3 Å². The minimum absolute atomic E-state index is 0.123. The SMILES string of the molecule is CC(C)(C)c1ccc(-n2c3ccc4ccccc4c3c3c4ccccc4c4ccccc4c32)cc1.C[Si](C)(C)c1ccc(-n2c3c4ccccc4ccc3c3c4ccccc4c4ccccc4c32)cc1.C[Si](C)(C)c1ccc(-n2c3cc4ccccc4cc3c3c4ccccc4c4ccccc4c32)cc1.C[Si](C)(C)c1ccc(-n2c3ccc4ccccc4c3c3c4ccccc4c4ccccc4c32)cc1. The Morgan fingerprint density at radius 2 is 0.400 bits per heavy atom. The Morgan fingerprint density at radius 1 is 0.157 bits per heavy atom. The fraction of sp³-hybridized carbons (Fsp3) is 0.0977. The standard InChI is InChI=1S/C34H27N.3C33H27NSi/c1-34(2,3)23-17-19-24(20-18-23)35-30-21-16-22-10-4-5-11-25(22)31(30)32-28-14-8-6-12-26(28)27-13-7-9-15-29(27)33(32)35;1-35(2,3)24-19-17-23(18-20-24)34-32-25-11-5-4-10-22(25)16-21-30(32)31-28-14-8-6-12-26(28)27-13-7-9-15-29(27)33(31)34;1-35(2,3)24-19-17-23(18-20-24)34-30-21-16-22-10-4-5-11-25(22)31(30)32-28-14-8-6-12-26(28)27-13-7-9-15-29(27)33(32)34;1-35(2,3)25-18-16-24(17-19-25)34-31-21-23-11-5-4-10-22(23)20-30(31)32-28-14-8-6-12-26(28)27-13-7-9-15-29(27)33(32)34/h4*4-21H,1-3H3. The molecule has 0 saturated carbocycles. The van der Waals surface area contributed by atoms with Gasteiger partial charge in [0.15, 0.2) is 0 Å². The van der Waals surface area contributed by atoms with Crippen molar-refractivity contribution in [2.24, 2.45) is 0 Å². The molecule has 4 heterocycles. The number of rotatable bonds is 7. The summed E-state index contributed by atoms with van der Waals surface area (Å²) in [5, 5.41) is 46.4. The molecule has 0 fully saturated rings. The minimum Gasteiger partial charge on any atom is -0.309 e. The van der Waals surface area contributed by atoms with Crippen LogP contribution in [0.4, 0.5) is 0 Å². The van der Waals surface area contributed by atoms with Crippen LogP contribution in [0.3, 0.4) is 0 Å². The highest BCUT2D eigenvalue weighted by atomic mass is 28.3. The van der Waals surface area contributed by atoms with E-state index >= 15 is 0 Å². The van der Waals surface area contributed by atoms with E-state index in [2.05, 4.69) is 535 Å². The van der Waals surface area contributed by atoms with Crippen molar-refractivity contribution in [3.8, 4) is 22.7 Å². The molecule has 0 unspecified atom stereocenters. The Balaban J connectivity index is 0.0000000985. The fourth-order valence-electron chi connectivity index (χ4n) is 23.2. The van der Waals surface area contributed by atoms with Crippen molar-refractivity contribution >= 4 is 256 Å². The summed E-state index contributed by atoms with van der Waals surface area (Å²) in [6.45, 7) is 28.5. The van der Waals surface area contributed by atoms with E-state index in [0.717, 1.165) is 0 Å². The van der Waals surface area contributed by atoms with Crippen LogP contribution in [-0.4, -0.2) is 42.5 Å². The molecule has 0 saturated heterocycles. The van der Waals surface area contributed by atoms with E-state index in [-0.39, 0.29) is 5.41 Å².